The van der Waals surface area contributed by atoms with Crippen molar-refractivity contribution in [3.8, 4) is 0 Å². The number of anilines is 2. The molecule has 3 heterocycles. The van der Waals surface area contributed by atoms with Gasteiger partial charge in [0.1, 0.15) is 0 Å². The lowest BCUT2D eigenvalue weighted by atomic mass is 10.1. The Morgan fingerprint density at radius 2 is 1.65 bits per heavy atom. The van der Waals surface area contributed by atoms with Crippen molar-refractivity contribution in [1.82, 2.24) is 15.0 Å². The highest BCUT2D eigenvalue weighted by atomic mass is 35.5. The van der Waals surface area contributed by atoms with Gasteiger partial charge in [-0.1, -0.05) is 0 Å². The molecule has 0 spiro atoms. The Bertz CT molecular complexity index is 390. The lowest BCUT2D eigenvalue weighted by Crippen LogP contribution is -2.60. The number of morpholine rings is 2. The summed E-state index contributed by atoms with van der Waals surface area (Å²) in [5.74, 6) is 0.634. The second-order valence-electron chi connectivity index (χ2n) is 4.05. The number of halogens is 1. The van der Waals surface area contributed by atoms with Gasteiger partial charge in [0.15, 0.2) is 0 Å². The van der Waals surface area contributed by atoms with Crippen LogP contribution >= 0.6 is 11.6 Å². The number of aromatic nitrogens is 3. The van der Waals surface area contributed by atoms with E-state index in [4.69, 9.17) is 26.8 Å². The third-order valence-electron chi connectivity index (χ3n) is 2.87. The van der Waals surface area contributed by atoms with Crippen LogP contribution in [-0.4, -0.2) is 53.5 Å². The van der Waals surface area contributed by atoms with Gasteiger partial charge in [0.05, 0.1) is 38.5 Å². The number of hydrogen-bond acceptors (Lipinski definition) is 7. The normalized spacial score (nSPS) is 28.2. The Kier molecular flexibility index (Phi) is 2.73. The molecule has 0 radical (unpaired) electrons. The van der Waals surface area contributed by atoms with Gasteiger partial charge in [0.25, 0.3) is 0 Å². The molecule has 2 aliphatic heterocycles. The minimum absolute atomic E-state index is 0.109. The van der Waals surface area contributed by atoms with Crippen LogP contribution in [0.1, 0.15) is 0 Å². The maximum absolute atomic E-state index is 5.79. The van der Waals surface area contributed by atoms with E-state index in [9.17, 15) is 0 Å². The SMILES string of the molecule is Nc1nc(Cl)nc(N2C3COCC2COC3)n1. The molecule has 2 N–H and O–H groups in total. The fourth-order valence-corrected chi connectivity index (χ4v) is 2.35. The van der Waals surface area contributed by atoms with Crippen molar-refractivity contribution in [2.45, 2.75) is 12.1 Å². The molecule has 1 aromatic heterocycles. The molecule has 1 aromatic rings. The first-order valence-corrected chi connectivity index (χ1v) is 5.72. The van der Waals surface area contributed by atoms with Crippen LogP contribution in [0.2, 0.25) is 5.28 Å². The van der Waals surface area contributed by atoms with Crippen LogP contribution in [0.15, 0.2) is 0 Å². The molecule has 2 fully saturated rings. The monoisotopic (exact) mass is 257 g/mol. The van der Waals surface area contributed by atoms with E-state index in [1.807, 2.05) is 0 Å². The summed E-state index contributed by atoms with van der Waals surface area (Å²) in [5.41, 5.74) is 5.58. The molecule has 7 nitrogen and oxygen atoms in total. The van der Waals surface area contributed by atoms with Crippen molar-refractivity contribution in [1.29, 1.82) is 0 Å². The van der Waals surface area contributed by atoms with Gasteiger partial charge >= 0.3 is 0 Å². The van der Waals surface area contributed by atoms with Crippen molar-refractivity contribution < 1.29 is 9.47 Å². The van der Waals surface area contributed by atoms with Crippen LogP contribution in [-0.2, 0) is 9.47 Å². The van der Waals surface area contributed by atoms with Crippen LogP contribution in [0.3, 0.4) is 0 Å². The number of rotatable bonds is 1. The van der Waals surface area contributed by atoms with Gasteiger partial charge in [-0.2, -0.15) is 15.0 Å². The van der Waals surface area contributed by atoms with Gasteiger partial charge in [-0.05, 0) is 11.6 Å². The van der Waals surface area contributed by atoms with E-state index in [0.717, 1.165) is 0 Å². The number of nitrogens with zero attached hydrogens (tertiary/aromatic N) is 4. The first kappa shape index (κ1) is 10.9. The molecule has 0 atom stereocenters. The Hall–Kier alpha value is -1.18. The predicted octanol–water partition coefficient (Wildman–Crippen LogP) is -0.289. The van der Waals surface area contributed by atoms with E-state index in [2.05, 4.69) is 19.9 Å². The Morgan fingerprint density at radius 1 is 1.06 bits per heavy atom. The fourth-order valence-electron chi connectivity index (χ4n) is 2.19. The van der Waals surface area contributed by atoms with E-state index in [0.29, 0.717) is 32.4 Å². The Balaban J connectivity index is 1.96. The topological polar surface area (TPSA) is 86.4 Å². The minimum Gasteiger partial charge on any atom is -0.377 e. The highest BCUT2D eigenvalue weighted by Gasteiger charge is 2.37. The quantitative estimate of drug-likeness (QED) is 0.740. The molecule has 3 rings (SSSR count). The molecule has 0 aliphatic carbocycles. The van der Waals surface area contributed by atoms with E-state index >= 15 is 0 Å². The summed E-state index contributed by atoms with van der Waals surface area (Å²) in [6.45, 7) is 2.39. The Labute approximate surface area is 103 Å². The molecule has 0 unspecified atom stereocenters. The first-order chi connectivity index (χ1) is 8.24. The molecule has 0 aromatic carbocycles. The van der Waals surface area contributed by atoms with Crippen LogP contribution in [0.4, 0.5) is 11.9 Å². The average molecular weight is 258 g/mol. The molecule has 92 valence electrons. The van der Waals surface area contributed by atoms with Gasteiger partial charge in [0.2, 0.25) is 17.2 Å². The lowest BCUT2D eigenvalue weighted by Gasteiger charge is -2.45. The molecule has 2 saturated heterocycles. The van der Waals surface area contributed by atoms with Gasteiger partial charge in [0, 0.05) is 0 Å². The second-order valence-corrected chi connectivity index (χ2v) is 4.39. The van der Waals surface area contributed by atoms with E-state index in [1.165, 1.54) is 0 Å². The molecule has 2 bridgehead atoms. The van der Waals surface area contributed by atoms with Crippen molar-refractivity contribution in [3.05, 3.63) is 5.28 Å². The molecular formula is C9H12ClN5O2. The summed E-state index contributed by atoms with van der Waals surface area (Å²) < 4.78 is 11.0. The zero-order valence-electron chi connectivity index (χ0n) is 9.04. The summed E-state index contributed by atoms with van der Waals surface area (Å²) in [5, 5.41) is 0.109. The smallest absolute Gasteiger partial charge is 0.232 e. The van der Waals surface area contributed by atoms with Crippen molar-refractivity contribution in [3.63, 3.8) is 0 Å². The zero-order chi connectivity index (χ0) is 11.8. The first-order valence-electron chi connectivity index (χ1n) is 5.35. The van der Waals surface area contributed by atoms with Crippen LogP contribution < -0.4 is 10.6 Å². The number of fused-ring (bicyclic) bond motifs is 2. The van der Waals surface area contributed by atoms with Crippen molar-refractivity contribution in [2.75, 3.05) is 37.1 Å². The Morgan fingerprint density at radius 3 is 2.18 bits per heavy atom. The number of nitrogen functional groups attached to an aromatic ring is 1. The van der Waals surface area contributed by atoms with Gasteiger partial charge in [-0.15, -0.1) is 0 Å². The maximum atomic E-state index is 5.79. The highest BCUT2D eigenvalue weighted by Crippen LogP contribution is 2.25. The lowest BCUT2D eigenvalue weighted by molar-refractivity contribution is -0.0355. The fraction of sp³-hybridized carbons (Fsp3) is 0.667. The maximum Gasteiger partial charge on any atom is 0.232 e. The van der Waals surface area contributed by atoms with Gasteiger partial charge < -0.3 is 20.1 Å². The van der Waals surface area contributed by atoms with Gasteiger partial charge in [-0.25, -0.2) is 0 Å². The summed E-state index contributed by atoms with van der Waals surface area (Å²) in [4.78, 5) is 14.1. The largest absolute Gasteiger partial charge is 0.377 e. The van der Waals surface area contributed by atoms with Crippen LogP contribution in [0, 0.1) is 0 Å². The minimum atomic E-state index is 0.109. The van der Waals surface area contributed by atoms with E-state index in [-0.39, 0.29) is 23.3 Å². The van der Waals surface area contributed by atoms with Crippen LogP contribution in [0.25, 0.3) is 0 Å². The number of ether oxygens (including phenoxy) is 2. The summed E-state index contributed by atoms with van der Waals surface area (Å²) in [7, 11) is 0. The molecule has 0 saturated carbocycles. The molecule has 0 amide bonds. The second kappa shape index (κ2) is 4.25. The number of hydrogen-bond donors (Lipinski definition) is 1. The summed E-state index contributed by atoms with van der Waals surface area (Å²) in [6, 6.07) is 0.223. The van der Waals surface area contributed by atoms with Crippen LogP contribution in [0.5, 0.6) is 0 Å². The third-order valence-corrected chi connectivity index (χ3v) is 3.04. The molecular weight excluding hydrogens is 246 g/mol. The molecule has 17 heavy (non-hydrogen) atoms. The number of nitrogens with two attached hydrogens (primary N) is 1. The summed E-state index contributed by atoms with van der Waals surface area (Å²) >= 11 is 5.79. The van der Waals surface area contributed by atoms with E-state index < -0.39 is 0 Å². The van der Waals surface area contributed by atoms with Crippen molar-refractivity contribution in [2.24, 2.45) is 0 Å². The third kappa shape index (κ3) is 2.01. The standard InChI is InChI=1S/C9H12ClN5O2/c10-7-12-8(11)14-9(13-7)15-5-1-16-3-6(15)4-17-2-5/h5-6H,1-4H2,(H2,11,12,13,14). The van der Waals surface area contributed by atoms with E-state index in [1.54, 1.807) is 0 Å². The predicted molar refractivity (Wildman–Crippen MR) is 60.9 cm³/mol. The molecule has 8 heteroatoms. The zero-order valence-corrected chi connectivity index (χ0v) is 9.80. The molecule has 2 aliphatic rings. The summed E-state index contributed by atoms with van der Waals surface area (Å²) in [6.07, 6.45) is 0. The van der Waals surface area contributed by atoms with Gasteiger partial charge in [-0.3, -0.25) is 0 Å². The highest BCUT2D eigenvalue weighted by molar-refractivity contribution is 6.28. The average Bonchev–Trinajstić information content (AvgIpc) is 2.26. The van der Waals surface area contributed by atoms with Crippen molar-refractivity contribution >= 4 is 23.5 Å².